The lowest BCUT2D eigenvalue weighted by Crippen LogP contribution is -2.45. The zero-order valence-electron chi connectivity index (χ0n) is 26.0. The molecule has 2 aromatic heterocycles. The average Bonchev–Trinajstić information content (AvgIpc) is 3.73. The number of ether oxygens (including phenoxy) is 2. The van der Waals surface area contributed by atoms with Gasteiger partial charge in [-0.2, -0.15) is 9.97 Å². The first-order valence-electron chi connectivity index (χ1n) is 14.6. The maximum absolute atomic E-state index is 15.0. The molecule has 0 radical (unpaired) electrons. The number of nitrogens with one attached hydrogen (secondary N) is 1. The molecule has 4 rings (SSSR count). The Balaban J connectivity index is 1.35. The number of nitrogens with zero attached hydrogens (tertiary/aromatic N) is 4. The summed E-state index contributed by atoms with van der Waals surface area (Å²) in [6, 6.07) is 9.09. The van der Waals surface area contributed by atoms with Crippen molar-refractivity contribution in [2.75, 3.05) is 6.61 Å². The summed E-state index contributed by atoms with van der Waals surface area (Å²) in [6.45, 7) is 8.53. The van der Waals surface area contributed by atoms with E-state index in [1.807, 2.05) is 32.9 Å². The van der Waals surface area contributed by atoms with E-state index >= 15 is 4.39 Å². The van der Waals surface area contributed by atoms with Gasteiger partial charge in [0.25, 0.3) is 11.8 Å². The van der Waals surface area contributed by atoms with Crippen LogP contribution in [0.15, 0.2) is 51.5 Å². The molecule has 15 heteroatoms. The maximum atomic E-state index is 15.0. The van der Waals surface area contributed by atoms with Crippen molar-refractivity contribution in [1.29, 1.82) is 0 Å². The third kappa shape index (κ3) is 8.10. The average molecular weight is 638 g/mol. The lowest BCUT2D eigenvalue weighted by Gasteiger charge is -2.18. The first kappa shape index (κ1) is 33.7. The van der Waals surface area contributed by atoms with Gasteiger partial charge in [0.1, 0.15) is 24.2 Å². The van der Waals surface area contributed by atoms with E-state index in [0.29, 0.717) is 23.9 Å². The van der Waals surface area contributed by atoms with Crippen LogP contribution in [0.3, 0.4) is 0 Å². The first-order valence-corrected chi connectivity index (χ1v) is 14.6. The molecule has 14 nitrogen and oxygen atoms in total. The number of benzene rings is 2. The molecule has 0 fully saturated rings. The highest BCUT2D eigenvalue weighted by molar-refractivity contribution is 5.95. The van der Waals surface area contributed by atoms with Crippen molar-refractivity contribution in [2.45, 2.75) is 65.1 Å². The first-order chi connectivity index (χ1) is 21.9. The normalized spacial score (nSPS) is 13.9. The fourth-order valence-corrected chi connectivity index (χ4v) is 4.09. The summed E-state index contributed by atoms with van der Waals surface area (Å²) in [5, 5.41) is 10.5. The third-order valence-corrected chi connectivity index (χ3v) is 7.00. The third-order valence-electron chi connectivity index (χ3n) is 7.00. The molecular formula is C31H36FN7O7. The van der Waals surface area contributed by atoms with Crippen molar-refractivity contribution in [1.82, 2.24) is 25.6 Å². The van der Waals surface area contributed by atoms with Crippen molar-refractivity contribution in [2.24, 2.45) is 17.4 Å². The predicted molar refractivity (Wildman–Crippen MR) is 161 cm³/mol. The lowest BCUT2D eigenvalue weighted by atomic mass is 10.0. The highest BCUT2D eigenvalue weighted by atomic mass is 19.1. The Kier molecular flexibility index (Phi) is 10.8. The molecule has 2 amide bonds. The molecule has 0 spiro atoms. The Bertz CT molecular complexity index is 1670. The molecule has 4 aromatic rings. The number of primary amides is 1. The van der Waals surface area contributed by atoms with Crippen molar-refractivity contribution >= 4 is 17.8 Å². The molecule has 244 valence electrons. The van der Waals surface area contributed by atoms with Crippen LogP contribution in [0, 0.1) is 11.7 Å². The summed E-state index contributed by atoms with van der Waals surface area (Å²) in [7, 11) is 0. The molecule has 0 saturated carbocycles. The zero-order chi connectivity index (χ0) is 33.5. The molecule has 0 aliphatic heterocycles. The maximum Gasteiger partial charge on any atom is 0.323 e. The highest BCUT2D eigenvalue weighted by Gasteiger charge is 2.27. The molecule has 0 aliphatic carbocycles. The summed E-state index contributed by atoms with van der Waals surface area (Å²) in [4.78, 5) is 44.7. The highest BCUT2D eigenvalue weighted by Crippen LogP contribution is 2.28. The molecule has 5 N–H and O–H groups in total. The van der Waals surface area contributed by atoms with Gasteiger partial charge in [-0.15, -0.1) is 0 Å². The Morgan fingerprint density at radius 2 is 1.54 bits per heavy atom. The summed E-state index contributed by atoms with van der Waals surface area (Å²) in [5.41, 5.74) is 11.6. The second-order valence-corrected chi connectivity index (χ2v) is 11.0. The second-order valence-electron chi connectivity index (χ2n) is 11.0. The van der Waals surface area contributed by atoms with Crippen LogP contribution in [0.1, 0.15) is 75.2 Å². The van der Waals surface area contributed by atoms with Gasteiger partial charge in [-0.1, -0.05) is 44.1 Å². The van der Waals surface area contributed by atoms with E-state index in [1.165, 1.54) is 19.1 Å². The van der Waals surface area contributed by atoms with Gasteiger partial charge in [-0.25, -0.2) is 4.39 Å². The standard InChI is InChI=1S/C31H36FN7O7/c1-6-23(44-20-10-7-18(8-11-20)26-36-29(15(2)3)45-38-26)30-37-27(39-46-30)19-9-12-21(22(32)13-19)28(41)35-16(4)14-43-31(42)24(33)17(5)25(34)40/h7-13,15-17,23-24H,6,14,33H2,1-5H3,(H2,34,40)(H,35,41)/t16-,17-,23?,24+/m1/s1. The zero-order valence-corrected chi connectivity index (χ0v) is 26.0. The molecule has 0 saturated heterocycles. The van der Waals surface area contributed by atoms with Crippen LogP contribution in [0.4, 0.5) is 4.39 Å². The van der Waals surface area contributed by atoms with Crippen LogP contribution in [0.25, 0.3) is 22.8 Å². The Labute approximate surface area is 264 Å². The number of halogens is 1. The van der Waals surface area contributed by atoms with Crippen molar-refractivity contribution in [3.05, 3.63) is 65.6 Å². The van der Waals surface area contributed by atoms with Gasteiger partial charge in [-0.05, 0) is 49.7 Å². The number of aromatic nitrogens is 4. The monoisotopic (exact) mass is 637 g/mol. The molecule has 2 heterocycles. The summed E-state index contributed by atoms with van der Waals surface area (Å²) < 4.78 is 36.8. The van der Waals surface area contributed by atoms with E-state index in [0.717, 1.165) is 11.6 Å². The summed E-state index contributed by atoms with van der Waals surface area (Å²) in [5.74, 6) is -2.08. The number of rotatable bonds is 14. The van der Waals surface area contributed by atoms with E-state index in [1.54, 1.807) is 19.1 Å². The molecule has 2 aromatic carbocycles. The Morgan fingerprint density at radius 3 is 2.13 bits per heavy atom. The second kappa shape index (κ2) is 14.7. The topological polar surface area (TPSA) is 212 Å². The predicted octanol–water partition coefficient (Wildman–Crippen LogP) is 3.69. The van der Waals surface area contributed by atoms with Gasteiger partial charge in [0, 0.05) is 17.0 Å². The minimum absolute atomic E-state index is 0.109. The number of carbonyl (C=O) groups excluding carboxylic acids is 3. The van der Waals surface area contributed by atoms with Gasteiger partial charge in [0.05, 0.1) is 17.5 Å². The number of nitrogens with two attached hydrogens (primary N) is 2. The molecule has 0 aliphatic rings. The lowest BCUT2D eigenvalue weighted by molar-refractivity contribution is -0.148. The van der Waals surface area contributed by atoms with Crippen LogP contribution >= 0.6 is 0 Å². The SMILES string of the molecule is CCC(Oc1ccc(-c2noc(C(C)C)n2)cc1)c1nc(-c2ccc(C(=O)N[C@H](C)COC(=O)[C@@H](N)[C@@H](C)C(N)=O)c(F)c2)no1. The minimum atomic E-state index is -1.25. The number of hydrogen-bond donors (Lipinski definition) is 3. The van der Waals surface area contributed by atoms with Crippen molar-refractivity contribution in [3.8, 4) is 28.5 Å². The Hall–Kier alpha value is -5.18. The van der Waals surface area contributed by atoms with Crippen LogP contribution in [0.2, 0.25) is 0 Å². The quantitative estimate of drug-likeness (QED) is 0.169. The summed E-state index contributed by atoms with van der Waals surface area (Å²) in [6.07, 6.45) is -0.0767. The van der Waals surface area contributed by atoms with E-state index < -0.39 is 47.7 Å². The van der Waals surface area contributed by atoms with E-state index in [-0.39, 0.29) is 35.4 Å². The van der Waals surface area contributed by atoms with Gasteiger partial charge < -0.3 is 35.3 Å². The largest absolute Gasteiger partial charge is 0.481 e. The molecule has 4 atom stereocenters. The van der Waals surface area contributed by atoms with Gasteiger partial charge >= 0.3 is 5.97 Å². The molecular weight excluding hydrogens is 601 g/mol. The van der Waals surface area contributed by atoms with E-state index in [9.17, 15) is 14.4 Å². The minimum Gasteiger partial charge on any atom is -0.481 e. The molecule has 46 heavy (non-hydrogen) atoms. The number of amides is 2. The van der Waals surface area contributed by atoms with Crippen LogP contribution in [0.5, 0.6) is 5.75 Å². The molecule has 0 bridgehead atoms. The fraction of sp³-hybridized carbons (Fsp3) is 0.387. The van der Waals surface area contributed by atoms with E-state index in [2.05, 4.69) is 25.6 Å². The van der Waals surface area contributed by atoms with Gasteiger partial charge in [0.2, 0.25) is 23.4 Å². The van der Waals surface area contributed by atoms with Crippen molar-refractivity contribution < 1.29 is 37.3 Å². The Morgan fingerprint density at radius 1 is 0.935 bits per heavy atom. The number of esters is 1. The van der Waals surface area contributed by atoms with Crippen LogP contribution < -0.4 is 21.5 Å². The fourth-order valence-electron chi connectivity index (χ4n) is 4.09. The smallest absolute Gasteiger partial charge is 0.323 e. The van der Waals surface area contributed by atoms with Crippen LogP contribution in [-0.4, -0.2) is 56.8 Å². The summed E-state index contributed by atoms with van der Waals surface area (Å²) >= 11 is 0. The van der Waals surface area contributed by atoms with Crippen molar-refractivity contribution in [3.63, 3.8) is 0 Å². The molecule has 1 unspecified atom stereocenters. The van der Waals surface area contributed by atoms with Gasteiger partial charge in [0.15, 0.2) is 6.10 Å². The van der Waals surface area contributed by atoms with Crippen LogP contribution in [-0.2, 0) is 14.3 Å². The number of carbonyl (C=O) groups is 3. The van der Waals surface area contributed by atoms with Gasteiger partial charge in [-0.3, -0.25) is 14.4 Å². The van der Waals surface area contributed by atoms with E-state index in [4.69, 9.17) is 30.0 Å². The number of hydrogen-bond acceptors (Lipinski definition) is 12.